The molecule has 1 aromatic heterocycles. The van der Waals surface area contributed by atoms with Crippen LogP contribution in [-0.2, 0) is 0 Å². The molecule has 0 aliphatic carbocycles. The van der Waals surface area contributed by atoms with Gasteiger partial charge in [0.2, 0.25) is 0 Å². The van der Waals surface area contributed by atoms with E-state index in [0.717, 1.165) is 11.6 Å². The first-order chi connectivity index (χ1) is 13.4. The summed E-state index contributed by atoms with van der Waals surface area (Å²) in [6, 6.07) is 4.85. The molecule has 0 aliphatic rings. The van der Waals surface area contributed by atoms with Gasteiger partial charge in [0.25, 0.3) is 5.91 Å². The second-order valence-electron chi connectivity index (χ2n) is 6.33. The van der Waals surface area contributed by atoms with Crippen molar-refractivity contribution in [2.75, 3.05) is 19.6 Å². The van der Waals surface area contributed by atoms with Crippen molar-refractivity contribution in [1.82, 2.24) is 16.0 Å². The van der Waals surface area contributed by atoms with Gasteiger partial charge in [0.05, 0.1) is 12.3 Å². The first-order valence-corrected chi connectivity index (χ1v) is 9.24. The first kappa shape index (κ1) is 24.9. The van der Waals surface area contributed by atoms with E-state index in [1.165, 1.54) is 18.4 Å². The van der Waals surface area contributed by atoms with Crippen LogP contribution in [0.5, 0.6) is 0 Å². The number of guanidine groups is 1. The van der Waals surface area contributed by atoms with E-state index in [1.807, 2.05) is 13.8 Å². The summed E-state index contributed by atoms with van der Waals surface area (Å²) in [5.74, 6) is -0.634. The van der Waals surface area contributed by atoms with Gasteiger partial charge in [-0.1, -0.05) is 6.07 Å². The van der Waals surface area contributed by atoms with Crippen molar-refractivity contribution < 1.29 is 18.0 Å². The topological polar surface area (TPSA) is 78.7 Å². The maximum absolute atomic E-state index is 13.9. The largest absolute Gasteiger partial charge is 0.459 e. The summed E-state index contributed by atoms with van der Waals surface area (Å²) in [6.45, 7) is 7.05. The van der Waals surface area contributed by atoms with Crippen LogP contribution in [0.15, 0.2) is 39.9 Å². The number of rotatable bonds is 8. The molecule has 0 fully saturated rings. The van der Waals surface area contributed by atoms with Crippen LogP contribution in [0.3, 0.4) is 0 Å². The summed E-state index contributed by atoms with van der Waals surface area (Å²) in [6.07, 6.45) is 2.11. The molecule has 0 saturated carbocycles. The summed E-state index contributed by atoms with van der Waals surface area (Å²) in [4.78, 5) is 16.4. The average Bonchev–Trinajstić information content (AvgIpc) is 3.07. The number of nitrogens with one attached hydrogen (secondary N) is 3. The van der Waals surface area contributed by atoms with Gasteiger partial charge in [-0.25, -0.2) is 8.78 Å². The van der Waals surface area contributed by atoms with Gasteiger partial charge in [0, 0.05) is 36.8 Å². The average molecular weight is 520 g/mol. The van der Waals surface area contributed by atoms with Crippen molar-refractivity contribution >= 4 is 35.8 Å². The van der Waals surface area contributed by atoms with E-state index in [-0.39, 0.29) is 35.9 Å². The minimum atomic E-state index is -0.610. The fourth-order valence-electron chi connectivity index (χ4n) is 2.61. The Morgan fingerprint density at radius 2 is 2.00 bits per heavy atom. The molecule has 2 aromatic rings. The van der Waals surface area contributed by atoms with Gasteiger partial charge in [0.1, 0.15) is 11.6 Å². The number of carbonyl (C=O) groups excluding carboxylic acids is 1. The Balaban J connectivity index is 0.00000420. The van der Waals surface area contributed by atoms with Gasteiger partial charge in [-0.3, -0.25) is 9.79 Å². The number of hydrogen-bond donors (Lipinski definition) is 3. The molecule has 3 N–H and O–H groups in total. The summed E-state index contributed by atoms with van der Waals surface area (Å²) in [5, 5.41) is 8.96. The smallest absolute Gasteiger partial charge is 0.287 e. The monoisotopic (exact) mass is 520 g/mol. The second kappa shape index (κ2) is 12.4. The third-order valence-corrected chi connectivity index (χ3v) is 4.09. The Morgan fingerprint density at radius 1 is 1.24 bits per heavy atom. The van der Waals surface area contributed by atoms with E-state index < -0.39 is 11.6 Å². The molecule has 0 spiro atoms. The Labute approximate surface area is 186 Å². The van der Waals surface area contributed by atoms with Crippen molar-refractivity contribution in [2.24, 2.45) is 4.99 Å². The lowest BCUT2D eigenvalue weighted by Crippen LogP contribution is -2.39. The third kappa shape index (κ3) is 7.64. The van der Waals surface area contributed by atoms with Crippen LogP contribution in [0.25, 0.3) is 0 Å². The summed E-state index contributed by atoms with van der Waals surface area (Å²) in [5.41, 5.74) is 1.14. The molecule has 6 nitrogen and oxygen atoms in total. The fourth-order valence-corrected chi connectivity index (χ4v) is 2.61. The maximum Gasteiger partial charge on any atom is 0.287 e. The molecule has 29 heavy (non-hydrogen) atoms. The zero-order valence-corrected chi connectivity index (χ0v) is 19.1. The normalized spacial score (nSPS) is 12.1. The third-order valence-electron chi connectivity index (χ3n) is 4.09. The van der Waals surface area contributed by atoms with E-state index in [1.54, 1.807) is 13.0 Å². The molecular weight excluding hydrogens is 493 g/mol. The van der Waals surface area contributed by atoms with Crippen LogP contribution in [0.2, 0.25) is 0 Å². The lowest BCUT2D eigenvalue weighted by molar-refractivity contribution is 0.0925. The Kier molecular flexibility index (Phi) is 10.6. The maximum atomic E-state index is 13.9. The Morgan fingerprint density at radius 3 is 2.62 bits per heavy atom. The number of amides is 1. The summed E-state index contributed by atoms with van der Waals surface area (Å²) in [7, 11) is 0. The minimum Gasteiger partial charge on any atom is -0.459 e. The van der Waals surface area contributed by atoms with E-state index in [9.17, 15) is 13.6 Å². The van der Waals surface area contributed by atoms with E-state index in [0.29, 0.717) is 43.3 Å². The van der Waals surface area contributed by atoms with E-state index in [2.05, 4.69) is 20.9 Å². The zero-order chi connectivity index (χ0) is 20.5. The molecule has 1 atom stereocenters. The molecule has 0 radical (unpaired) electrons. The minimum absolute atomic E-state index is 0. The van der Waals surface area contributed by atoms with Crippen LogP contribution < -0.4 is 16.0 Å². The van der Waals surface area contributed by atoms with Gasteiger partial charge in [-0.2, -0.15) is 0 Å². The van der Waals surface area contributed by atoms with Gasteiger partial charge < -0.3 is 20.4 Å². The molecular formula is C20H27F2IN4O2. The van der Waals surface area contributed by atoms with Crippen molar-refractivity contribution in [2.45, 2.75) is 33.2 Å². The van der Waals surface area contributed by atoms with Crippen molar-refractivity contribution in [3.8, 4) is 0 Å². The Bertz CT molecular complexity index is 827. The van der Waals surface area contributed by atoms with Gasteiger partial charge >= 0.3 is 0 Å². The lowest BCUT2D eigenvalue weighted by Gasteiger charge is -2.18. The van der Waals surface area contributed by atoms with Crippen LogP contribution >= 0.6 is 24.0 Å². The Hall–Kier alpha value is -2.17. The molecule has 160 valence electrons. The highest BCUT2D eigenvalue weighted by Gasteiger charge is 2.13. The first-order valence-electron chi connectivity index (χ1n) is 9.24. The zero-order valence-electron chi connectivity index (χ0n) is 16.7. The molecule has 2 rings (SSSR count). The lowest BCUT2D eigenvalue weighted by atomic mass is 10.1. The number of aryl methyl sites for hydroxylation is 1. The number of halogens is 3. The standard InChI is InChI=1S/C20H26F2N4O2.HI/c1-4-23-20(26-14(3)16-7-6-15(21)12-17(16)22)25-10-5-9-24-19(27)18-13(2)8-11-28-18;/h6-8,11-12,14H,4-5,9-10H2,1-3H3,(H,24,27)(H2,23,25,26);1H. The summed E-state index contributed by atoms with van der Waals surface area (Å²) >= 11 is 0. The molecule has 0 bridgehead atoms. The fraction of sp³-hybridized carbons (Fsp3) is 0.400. The predicted octanol–water partition coefficient (Wildman–Crippen LogP) is 3.92. The second-order valence-corrected chi connectivity index (χ2v) is 6.33. The van der Waals surface area contributed by atoms with Crippen molar-refractivity contribution in [3.05, 3.63) is 59.1 Å². The van der Waals surface area contributed by atoms with Gasteiger partial charge in [0.15, 0.2) is 11.7 Å². The van der Waals surface area contributed by atoms with Crippen molar-refractivity contribution in [1.29, 1.82) is 0 Å². The van der Waals surface area contributed by atoms with Gasteiger partial charge in [-0.15, -0.1) is 24.0 Å². The molecule has 0 aliphatic heterocycles. The molecule has 1 unspecified atom stereocenters. The highest BCUT2D eigenvalue weighted by atomic mass is 127. The number of benzene rings is 1. The predicted molar refractivity (Wildman–Crippen MR) is 120 cm³/mol. The molecule has 1 heterocycles. The quantitative estimate of drug-likeness (QED) is 0.214. The van der Waals surface area contributed by atoms with Crippen LogP contribution in [0, 0.1) is 18.6 Å². The number of aliphatic imine (C=N–C) groups is 1. The highest BCUT2D eigenvalue weighted by molar-refractivity contribution is 14.0. The molecule has 9 heteroatoms. The van der Waals surface area contributed by atoms with E-state index >= 15 is 0 Å². The van der Waals surface area contributed by atoms with Crippen molar-refractivity contribution in [3.63, 3.8) is 0 Å². The molecule has 1 amide bonds. The van der Waals surface area contributed by atoms with Gasteiger partial charge in [-0.05, 0) is 39.3 Å². The summed E-state index contributed by atoms with van der Waals surface area (Å²) < 4.78 is 32.1. The van der Waals surface area contributed by atoms with Crippen LogP contribution in [0.1, 0.15) is 48.0 Å². The molecule has 1 aromatic carbocycles. The number of hydrogen-bond acceptors (Lipinski definition) is 3. The number of furan rings is 1. The van der Waals surface area contributed by atoms with Crippen LogP contribution in [0.4, 0.5) is 8.78 Å². The van der Waals surface area contributed by atoms with Crippen LogP contribution in [-0.4, -0.2) is 31.5 Å². The van der Waals surface area contributed by atoms with E-state index in [4.69, 9.17) is 4.42 Å². The number of carbonyl (C=O) groups is 1. The highest BCUT2D eigenvalue weighted by Crippen LogP contribution is 2.17. The SMILES string of the molecule is CCNC(=NCCCNC(=O)c1occc1C)NC(C)c1ccc(F)cc1F.I. The molecule has 0 saturated heterocycles. The number of nitrogens with zero attached hydrogens (tertiary/aromatic N) is 1.